The number of hydrogen-bond donors (Lipinski definition) is 1. The van der Waals surface area contributed by atoms with Gasteiger partial charge in [-0.25, -0.2) is 9.98 Å². The third kappa shape index (κ3) is 6.20. The zero-order valence-electron chi connectivity index (χ0n) is 26.1. The molecule has 0 aromatic heterocycles. The molecule has 2 N–H and O–H groups in total. The van der Waals surface area contributed by atoms with Gasteiger partial charge in [0.05, 0.1) is 0 Å². The van der Waals surface area contributed by atoms with Crippen molar-refractivity contribution in [2.75, 3.05) is 0 Å². The van der Waals surface area contributed by atoms with E-state index in [1.807, 2.05) is 66.9 Å². The van der Waals surface area contributed by atoms with E-state index in [9.17, 15) is 0 Å². The van der Waals surface area contributed by atoms with E-state index in [1.54, 1.807) is 0 Å². The Bertz CT molecular complexity index is 1950. The Kier molecular flexibility index (Phi) is 8.67. The molecule has 0 bridgehead atoms. The lowest BCUT2D eigenvalue weighted by atomic mass is 9.65. The highest BCUT2D eigenvalue weighted by atomic mass is 15.0. The van der Waals surface area contributed by atoms with Gasteiger partial charge in [0.25, 0.3) is 0 Å². The van der Waals surface area contributed by atoms with Gasteiger partial charge in [0.1, 0.15) is 6.17 Å². The van der Waals surface area contributed by atoms with Crippen LogP contribution in [0.3, 0.4) is 0 Å². The number of rotatable bonds is 7. The Hall–Kier alpha value is -5.12. The first-order valence-electron chi connectivity index (χ1n) is 16.4. The fourth-order valence-electron chi connectivity index (χ4n) is 7.00. The molecule has 0 amide bonds. The van der Waals surface area contributed by atoms with Crippen molar-refractivity contribution in [1.82, 2.24) is 0 Å². The minimum atomic E-state index is -0.506. The van der Waals surface area contributed by atoms with Gasteiger partial charge in [-0.05, 0) is 57.0 Å². The summed E-state index contributed by atoms with van der Waals surface area (Å²) in [5.74, 6) is 0.629. The molecule has 6 aromatic carbocycles. The van der Waals surface area contributed by atoms with E-state index in [0.717, 1.165) is 29.5 Å². The van der Waals surface area contributed by atoms with E-state index in [-0.39, 0.29) is 5.41 Å². The summed E-state index contributed by atoms with van der Waals surface area (Å²) >= 11 is 0. The molecular formula is C43H39N3. The third-order valence-corrected chi connectivity index (χ3v) is 9.48. The van der Waals surface area contributed by atoms with Gasteiger partial charge < -0.3 is 5.73 Å². The van der Waals surface area contributed by atoms with Gasteiger partial charge in [0.15, 0.2) is 5.84 Å². The molecule has 0 aliphatic heterocycles. The fraction of sp³-hybridized carbons (Fsp3) is 0.163. The normalized spacial score (nSPS) is 15.6. The van der Waals surface area contributed by atoms with Crippen molar-refractivity contribution in [3.05, 3.63) is 179 Å². The van der Waals surface area contributed by atoms with Gasteiger partial charge in [-0.3, -0.25) is 0 Å². The van der Waals surface area contributed by atoms with E-state index in [1.165, 1.54) is 52.3 Å². The first-order valence-corrected chi connectivity index (χ1v) is 16.4. The number of hydrogen-bond acceptors (Lipinski definition) is 2. The molecular weight excluding hydrogens is 558 g/mol. The second-order valence-electron chi connectivity index (χ2n) is 12.3. The Labute approximate surface area is 272 Å². The lowest BCUT2D eigenvalue weighted by Crippen LogP contribution is -2.30. The van der Waals surface area contributed by atoms with Crippen LogP contribution in [0.5, 0.6) is 0 Å². The van der Waals surface area contributed by atoms with E-state index in [4.69, 9.17) is 15.7 Å². The summed E-state index contributed by atoms with van der Waals surface area (Å²) in [6.45, 7) is 0. The Morgan fingerprint density at radius 3 is 1.93 bits per heavy atom. The van der Waals surface area contributed by atoms with Crippen LogP contribution >= 0.6 is 0 Å². The van der Waals surface area contributed by atoms with Gasteiger partial charge in [-0.15, -0.1) is 0 Å². The predicted molar refractivity (Wildman–Crippen MR) is 194 cm³/mol. The minimum Gasteiger partial charge on any atom is -0.306 e. The average Bonchev–Trinajstić information content (AvgIpc) is 3.14. The molecule has 1 atom stereocenters. The van der Waals surface area contributed by atoms with Gasteiger partial charge >= 0.3 is 0 Å². The van der Waals surface area contributed by atoms with Crippen LogP contribution in [-0.2, 0) is 5.41 Å². The smallest absolute Gasteiger partial charge is 0.156 e. The molecule has 0 radical (unpaired) electrons. The van der Waals surface area contributed by atoms with Crippen LogP contribution in [0.15, 0.2) is 162 Å². The molecule has 6 aromatic rings. The first-order chi connectivity index (χ1) is 22.7. The first kappa shape index (κ1) is 29.6. The van der Waals surface area contributed by atoms with Crippen molar-refractivity contribution < 1.29 is 0 Å². The van der Waals surface area contributed by atoms with Crippen LogP contribution in [0, 0.1) is 0 Å². The highest BCUT2D eigenvalue weighted by molar-refractivity contribution is 6.05. The number of amidine groups is 1. The molecule has 1 aliphatic rings. The highest BCUT2D eigenvalue weighted by Crippen LogP contribution is 2.45. The second-order valence-corrected chi connectivity index (χ2v) is 12.3. The van der Waals surface area contributed by atoms with E-state index >= 15 is 0 Å². The zero-order valence-corrected chi connectivity index (χ0v) is 26.1. The maximum Gasteiger partial charge on any atom is 0.156 e. The maximum absolute atomic E-state index is 6.57. The van der Waals surface area contributed by atoms with Gasteiger partial charge in [0.2, 0.25) is 0 Å². The van der Waals surface area contributed by atoms with Crippen LogP contribution < -0.4 is 5.73 Å². The molecule has 3 nitrogen and oxygen atoms in total. The lowest BCUT2D eigenvalue weighted by Gasteiger charge is -2.39. The van der Waals surface area contributed by atoms with Gasteiger partial charge in [0, 0.05) is 17.2 Å². The van der Waals surface area contributed by atoms with Crippen molar-refractivity contribution in [2.45, 2.75) is 43.7 Å². The van der Waals surface area contributed by atoms with Gasteiger partial charge in [-0.1, -0.05) is 171 Å². The molecule has 3 heteroatoms. The molecule has 46 heavy (non-hydrogen) atoms. The van der Waals surface area contributed by atoms with Crippen molar-refractivity contribution >= 4 is 22.8 Å². The van der Waals surface area contributed by atoms with Gasteiger partial charge in [-0.2, -0.15) is 0 Å². The SMILES string of the molecule is NC(/N=C(\N=C\c1ccccc1)c1ccc(C2(c3ccc(-c4cccc5ccccc45)cc3)CCCCC2)cc1)c1ccccc1. The third-order valence-electron chi connectivity index (χ3n) is 9.48. The second kappa shape index (κ2) is 13.5. The number of benzene rings is 6. The number of aliphatic imine (C=N–C) groups is 2. The molecule has 0 heterocycles. The van der Waals surface area contributed by atoms with Crippen molar-refractivity contribution in [2.24, 2.45) is 15.7 Å². The summed E-state index contributed by atoms with van der Waals surface area (Å²) in [6, 6.07) is 53.6. The quantitative estimate of drug-likeness (QED) is 0.144. The summed E-state index contributed by atoms with van der Waals surface area (Å²) in [7, 11) is 0. The van der Waals surface area contributed by atoms with Crippen LogP contribution in [0.4, 0.5) is 0 Å². The highest BCUT2D eigenvalue weighted by Gasteiger charge is 2.35. The Morgan fingerprint density at radius 2 is 1.22 bits per heavy atom. The summed E-state index contributed by atoms with van der Waals surface area (Å²) < 4.78 is 0. The maximum atomic E-state index is 6.57. The molecule has 1 saturated carbocycles. The van der Waals surface area contributed by atoms with Crippen LogP contribution in [0.1, 0.15) is 66.1 Å². The molecule has 1 aliphatic carbocycles. The van der Waals surface area contributed by atoms with Crippen LogP contribution in [0.25, 0.3) is 21.9 Å². The van der Waals surface area contributed by atoms with Crippen LogP contribution in [-0.4, -0.2) is 12.1 Å². The molecule has 1 unspecified atom stereocenters. The Morgan fingerprint density at radius 1 is 0.609 bits per heavy atom. The number of fused-ring (bicyclic) bond motifs is 1. The van der Waals surface area contributed by atoms with Crippen molar-refractivity contribution in [3.8, 4) is 11.1 Å². The number of nitrogens with two attached hydrogens (primary N) is 1. The molecule has 1 fully saturated rings. The summed E-state index contributed by atoms with van der Waals surface area (Å²) in [5.41, 5.74) is 14.8. The standard InChI is InChI=1S/C43H39N3/c44-41(35-16-6-2-7-17-35)46-42(45-31-32-13-4-1-5-14-32)36-23-27-38(28-24-36)43(29-10-3-11-30-43)37-25-21-34(22-26-37)40-20-12-18-33-15-8-9-19-39(33)40/h1-2,4-9,12-28,31,41H,3,10-11,29-30,44H2/b45-31+,46-42-. The molecule has 0 spiro atoms. The molecule has 7 rings (SSSR count). The van der Waals surface area contributed by atoms with E-state index in [0.29, 0.717) is 5.84 Å². The average molecular weight is 598 g/mol. The number of nitrogens with zero attached hydrogens (tertiary/aromatic N) is 2. The minimum absolute atomic E-state index is 0.0148. The van der Waals surface area contributed by atoms with E-state index in [2.05, 4.69) is 91.0 Å². The Balaban J connectivity index is 1.23. The van der Waals surface area contributed by atoms with Crippen LogP contribution in [0.2, 0.25) is 0 Å². The summed E-state index contributed by atoms with van der Waals surface area (Å²) in [6.07, 6.45) is 7.40. The molecule has 0 saturated heterocycles. The summed E-state index contributed by atoms with van der Waals surface area (Å²) in [4.78, 5) is 9.76. The largest absolute Gasteiger partial charge is 0.306 e. The fourth-order valence-corrected chi connectivity index (χ4v) is 7.00. The zero-order chi connectivity index (χ0) is 31.2. The topological polar surface area (TPSA) is 50.7 Å². The summed E-state index contributed by atoms with van der Waals surface area (Å²) in [5, 5.41) is 2.56. The van der Waals surface area contributed by atoms with E-state index < -0.39 is 6.17 Å². The predicted octanol–water partition coefficient (Wildman–Crippen LogP) is 10.3. The molecule has 226 valence electrons. The van der Waals surface area contributed by atoms with Crippen molar-refractivity contribution in [1.29, 1.82) is 0 Å². The monoisotopic (exact) mass is 597 g/mol. The van der Waals surface area contributed by atoms with Crippen molar-refractivity contribution in [3.63, 3.8) is 0 Å². The lowest BCUT2D eigenvalue weighted by molar-refractivity contribution is 0.346.